The summed E-state index contributed by atoms with van der Waals surface area (Å²) in [7, 11) is 1.56. The Labute approximate surface area is 159 Å². The van der Waals surface area contributed by atoms with Gasteiger partial charge in [-0.05, 0) is 73.6 Å². The number of anilines is 1. The van der Waals surface area contributed by atoms with E-state index in [1.54, 1.807) is 25.3 Å². The number of aryl methyl sites for hydroxylation is 2. The number of halogens is 1. The number of fused-ring (bicyclic) bond motifs is 1. The molecule has 2 aromatic carbocycles. The number of benzene rings is 2. The second-order valence-corrected chi connectivity index (χ2v) is 6.92. The van der Waals surface area contributed by atoms with Gasteiger partial charge < -0.3 is 14.8 Å². The quantitative estimate of drug-likeness (QED) is 0.773. The fourth-order valence-corrected chi connectivity index (χ4v) is 3.43. The third-order valence-electron chi connectivity index (χ3n) is 4.68. The standard InChI is InChI=1S/C21H24ClNO3/c1-3-19(21(24)23-18-13-16(22)9-11-20(18)25-2)26-17-10-8-14-6-4-5-7-15(14)12-17/h8-13,19H,3-7H2,1-2H3,(H,23,24)/t19-/m1/s1. The first-order chi connectivity index (χ1) is 12.6. The van der Waals surface area contributed by atoms with Gasteiger partial charge in [0.05, 0.1) is 12.8 Å². The molecule has 4 nitrogen and oxygen atoms in total. The molecule has 1 N–H and O–H groups in total. The van der Waals surface area contributed by atoms with Crippen molar-refractivity contribution in [2.75, 3.05) is 12.4 Å². The molecule has 0 spiro atoms. The van der Waals surface area contributed by atoms with Gasteiger partial charge in [0.2, 0.25) is 0 Å². The first-order valence-corrected chi connectivity index (χ1v) is 9.41. The lowest BCUT2D eigenvalue weighted by Crippen LogP contribution is -2.32. The molecule has 0 heterocycles. The number of carbonyl (C=O) groups is 1. The molecule has 5 heteroatoms. The molecule has 0 radical (unpaired) electrons. The molecule has 0 fully saturated rings. The summed E-state index contributed by atoms with van der Waals surface area (Å²) in [5.41, 5.74) is 3.27. The third kappa shape index (κ3) is 4.31. The number of hydrogen-bond acceptors (Lipinski definition) is 3. The van der Waals surface area contributed by atoms with E-state index in [-0.39, 0.29) is 5.91 Å². The molecule has 0 saturated heterocycles. The highest BCUT2D eigenvalue weighted by molar-refractivity contribution is 6.31. The van der Waals surface area contributed by atoms with E-state index in [0.717, 1.165) is 18.6 Å². The van der Waals surface area contributed by atoms with Crippen LogP contribution in [0.1, 0.15) is 37.3 Å². The van der Waals surface area contributed by atoms with Gasteiger partial charge in [0.15, 0.2) is 6.10 Å². The Hall–Kier alpha value is -2.20. The molecular weight excluding hydrogens is 350 g/mol. The van der Waals surface area contributed by atoms with Crippen LogP contribution < -0.4 is 14.8 Å². The topological polar surface area (TPSA) is 47.6 Å². The molecule has 1 amide bonds. The van der Waals surface area contributed by atoms with Crippen molar-refractivity contribution in [1.29, 1.82) is 0 Å². The average molecular weight is 374 g/mol. The van der Waals surface area contributed by atoms with E-state index in [9.17, 15) is 4.79 Å². The van der Waals surface area contributed by atoms with Crippen LogP contribution in [-0.4, -0.2) is 19.1 Å². The predicted molar refractivity (Wildman–Crippen MR) is 104 cm³/mol. The van der Waals surface area contributed by atoms with E-state index < -0.39 is 6.10 Å². The fourth-order valence-electron chi connectivity index (χ4n) is 3.26. The van der Waals surface area contributed by atoms with Crippen molar-refractivity contribution >= 4 is 23.2 Å². The molecule has 26 heavy (non-hydrogen) atoms. The lowest BCUT2D eigenvalue weighted by atomic mass is 9.92. The lowest BCUT2D eigenvalue weighted by molar-refractivity contribution is -0.122. The molecule has 0 aromatic heterocycles. The van der Waals surface area contributed by atoms with E-state index in [2.05, 4.69) is 17.4 Å². The predicted octanol–water partition coefficient (Wildman–Crippen LogP) is 5.02. The van der Waals surface area contributed by atoms with Gasteiger partial charge in [-0.3, -0.25) is 4.79 Å². The summed E-state index contributed by atoms with van der Waals surface area (Å²) in [6, 6.07) is 11.3. The van der Waals surface area contributed by atoms with E-state index >= 15 is 0 Å². The van der Waals surface area contributed by atoms with Crippen molar-refractivity contribution in [3.8, 4) is 11.5 Å². The van der Waals surface area contributed by atoms with Crippen LogP contribution in [0, 0.1) is 0 Å². The molecule has 138 valence electrons. The van der Waals surface area contributed by atoms with Gasteiger partial charge in [0.25, 0.3) is 5.91 Å². The maximum absolute atomic E-state index is 12.7. The Morgan fingerprint density at radius 2 is 1.92 bits per heavy atom. The monoisotopic (exact) mass is 373 g/mol. The zero-order valence-electron chi connectivity index (χ0n) is 15.2. The molecule has 3 rings (SSSR count). The van der Waals surface area contributed by atoms with Crippen LogP contribution in [-0.2, 0) is 17.6 Å². The maximum atomic E-state index is 12.7. The smallest absolute Gasteiger partial charge is 0.265 e. The minimum Gasteiger partial charge on any atom is -0.495 e. The Kier molecular flexibility index (Phi) is 6.04. The van der Waals surface area contributed by atoms with Crippen LogP contribution in [0.3, 0.4) is 0 Å². The molecular formula is C21H24ClNO3. The first kappa shape index (κ1) is 18.6. The number of methoxy groups -OCH3 is 1. The third-order valence-corrected chi connectivity index (χ3v) is 4.92. The Balaban J connectivity index is 1.72. The SMILES string of the molecule is CC[C@@H](Oc1ccc2c(c1)CCCC2)C(=O)Nc1cc(Cl)ccc1OC. The second-order valence-electron chi connectivity index (χ2n) is 6.49. The van der Waals surface area contributed by atoms with Gasteiger partial charge in [-0.15, -0.1) is 0 Å². The zero-order valence-corrected chi connectivity index (χ0v) is 15.9. The van der Waals surface area contributed by atoms with Gasteiger partial charge >= 0.3 is 0 Å². The molecule has 0 bridgehead atoms. The number of rotatable bonds is 6. The van der Waals surface area contributed by atoms with Gasteiger partial charge in [0, 0.05) is 5.02 Å². The van der Waals surface area contributed by atoms with E-state index in [1.807, 2.05) is 13.0 Å². The Bertz CT molecular complexity index is 791. The zero-order chi connectivity index (χ0) is 18.5. The largest absolute Gasteiger partial charge is 0.495 e. The van der Waals surface area contributed by atoms with Crippen molar-refractivity contribution in [3.05, 3.63) is 52.5 Å². The van der Waals surface area contributed by atoms with Crippen LogP contribution >= 0.6 is 11.6 Å². The summed E-state index contributed by atoms with van der Waals surface area (Å²) < 4.78 is 11.3. The van der Waals surface area contributed by atoms with Gasteiger partial charge in [-0.25, -0.2) is 0 Å². The minimum atomic E-state index is -0.583. The van der Waals surface area contributed by atoms with E-state index in [4.69, 9.17) is 21.1 Å². The van der Waals surface area contributed by atoms with Crippen molar-refractivity contribution < 1.29 is 14.3 Å². The normalized spacial score (nSPS) is 14.3. The highest BCUT2D eigenvalue weighted by Gasteiger charge is 2.21. The number of amides is 1. The molecule has 0 unspecified atom stereocenters. The molecule has 1 aliphatic carbocycles. The summed E-state index contributed by atoms with van der Waals surface area (Å²) in [6.07, 6.45) is 4.64. The fraction of sp³-hybridized carbons (Fsp3) is 0.381. The van der Waals surface area contributed by atoms with Crippen molar-refractivity contribution in [2.24, 2.45) is 0 Å². The summed E-state index contributed by atoms with van der Waals surface area (Å²) in [4.78, 5) is 12.7. The molecule has 1 aliphatic rings. The molecule has 0 saturated carbocycles. The van der Waals surface area contributed by atoms with Crippen LogP contribution in [0.25, 0.3) is 0 Å². The lowest BCUT2D eigenvalue weighted by Gasteiger charge is -2.21. The number of hydrogen-bond donors (Lipinski definition) is 1. The summed E-state index contributed by atoms with van der Waals surface area (Å²) in [6.45, 7) is 1.93. The minimum absolute atomic E-state index is 0.217. The van der Waals surface area contributed by atoms with Crippen molar-refractivity contribution in [1.82, 2.24) is 0 Å². The van der Waals surface area contributed by atoms with Crippen LogP contribution in [0.15, 0.2) is 36.4 Å². The molecule has 0 aliphatic heterocycles. The summed E-state index contributed by atoms with van der Waals surface area (Å²) >= 11 is 6.03. The van der Waals surface area contributed by atoms with Gasteiger partial charge in [-0.1, -0.05) is 24.6 Å². The first-order valence-electron chi connectivity index (χ1n) is 9.03. The van der Waals surface area contributed by atoms with Crippen molar-refractivity contribution in [2.45, 2.75) is 45.1 Å². The van der Waals surface area contributed by atoms with E-state index in [1.165, 1.54) is 24.0 Å². The van der Waals surface area contributed by atoms with Crippen molar-refractivity contribution in [3.63, 3.8) is 0 Å². The second kappa shape index (κ2) is 8.45. The molecule has 1 atom stereocenters. The summed E-state index contributed by atoms with van der Waals surface area (Å²) in [5, 5.41) is 3.39. The maximum Gasteiger partial charge on any atom is 0.265 e. The highest BCUT2D eigenvalue weighted by atomic mass is 35.5. The number of ether oxygens (including phenoxy) is 2. The van der Waals surface area contributed by atoms with Gasteiger partial charge in [0.1, 0.15) is 11.5 Å². The van der Waals surface area contributed by atoms with Gasteiger partial charge in [-0.2, -0.15) is 0 Å². The molecule has 2 aromatic rings. The Morgan fingerprint density at radius 1 is 1.15 bits per heavy atom. The van der Waals surface area contributed by atoms with E-state index in [0.29, 0.717) is 22.9 Å². The number of carbonyl (C=O) groups excluding carboxylic acids is 1. The number of nitrogens with one attached hydrogen (secondary N) is 1. The Morgan fingerprint density at radius 3 is 2.65 bits per heavy atom. The van der Waals surface area contributed by atoms with Crippen LogP contribution in [0.4, 0.5) is 5.69 Å². The summed E-state index contributed by atoms with van der Waals surface area (Å²) in [5.74, 6) is 1.09. The average Bonchev–Trinajstić information content (AvgIpc) is 2.66. The van der Waals surface area contributed by atoms with Crippen LogP contribution in [0.5, 0.6) is 11.5 Å². The highest BCUT2D eigenvalue weighted by Crippen LogP contribution is 2.29. The van der Waals surface area contributed by atoms with Crippen LogP contribution in [0.2, 0.25) is 5.02 Å².